The Bertz CT molecular complexity index is 1360. The van der Waals surface area contributed by atoms with Crippen molar-refractivity contribution in [2.75, 3.05) is 36.8 Å². The maximum atomic E-state index is 12.7. The maximum absolute atomic E-state index is 12.7. The zero-order valence-corrected chi connectivity index (χ0v) is 21.6. The van der Waals surface area contributed by atoms with Crippen molar-refractivity contribution in [1.29, 1.82) is 0 Å². The van der Waals surface area contributed by atoms with Gasteiger partial charge in [0.25, 0.3) is 5.69 Å². The summed E-state index contributed by atoms with van der Waals surface area (Å²) in [5.41, 5.74) is 1.87. The number of nitro groups is 1. The number of nitro benzene ring substituents is 1. The van der Waals surface area contributed by atoms with Gasteiger partial charge in [-0.15, -0.1) is 0 Å². The van der Waals surface area contributed by atoms with Gasteiger partial charge >= 0.3 is 12.0 Å². The van der Waals surface area contributed by atoms with Gasteiger partial charge < -0.3 is 30.2 Å². The van der Waals surface area contributed by atoms with Gasteiger partial charge in [0.2, 0.25) is 5.91 Å². The summed E-state index contributed by atoms with van der Waals surface area (Å²) in [5, 5.41) is 18.8. The molecule has 0 aliphatic carbocycles. The number of carbonyl (C=O) groups excluding carboxylic acids is 3. The van der Waals surface area contributed by atoms with Gasteiger partial charge in [0.05, 0.1) is 37.0 Å². The summed E-state index contributed by atoms with van der Waals surface area (Å²) in [6, 6.07) is 14.9. The molecule has 0 heterocycles. The fourth-order valence-corrected chi connectivity index (χ4v) is 3.58. The van der Waals surface area contributed by atoms with Gasteiger partial charge in [0.15, 0.2) is 11.5 Å². The number of rotatable bonds is 11. The summed E-state index contributed by atoms with van der Waals surface area (Å²) >= 11 is 0. The molecule has 3 aromatic rings. The first-order chi connectivity index (χ1) is 18.7. The third-order valence-corrected chi connectivity index (χ3v) is 5.46. The standard InChI is InChI=1S/C27H28N4O8/c1-4-39-26(33)21-15-23(37-2)24(38-3)16-22(21)30-25(32)13-10-17-8-11-18(12-9-17)28-27(34)29-19-6-5-7-20(14-19)31(35)36/h5-9,11-12,14-16H,4,10,13H2,1-3H3,(H,30,32)(H2,28,29,34). The average Bonchev–Trinajstić information content (AvgIpc) is 2.92. The second-order valence-electron chi connectivity index (χ2n) is 8.10. The number of hydrogen-bond donors (Lipinski definition) is 3. The molecule has 0 aliphatic rings. The molecule has 3 aromatic carbocycles. The summed E-state index contributed by atoms with van der Waals surface area (Å²) < 4.78 is 15.6. The highest BCUT2D eigenvalue weighted by atomic mass is 16.6. The van der Waals surface area contributed by atoms with Gasteiger partial charge in [-0.1, -0.05) is 18.2 Å². The van der Waals surface area contributed by atoms with Crippen molar-refractivity contribution in [2.24, 2.45) is 0 Å². The fraction of sp³-hybridized carbons (Fsp3) is 0.222. The molecule has 12 heteroatoms. The van der Waals surface area contributed by atoms with E-state index in [-0.39, 0.29) is 41.6 Å². The highest BCUT2D eigenvalue weighted by Gasteiger charge is 2.19. The molecule has 3 N–H and O–H groups in total. The van der Waals surface area contributed by atoms with Crippen LogP contribution in [0.15, 0.2) is 60.7 Å². The minimum Gasteiger partial charge on any atom is -0.493 e. The van der Waals surface area contributed by atoms with Crippen molar-refractivity contribution >= 4 is 40.7 Å². The molecule has 0 spiro atoms. The van der Waals surface area contributed by atoms with Crippen LogP contribution >= 0.6 is 0 Å². The molecule has 39 heavy (non-hydrogen) atoms. The van der Waals surface area contributed by atoms with Crippen LogP contribution < -0.4 is 25.4 Å². The maximum Gasteiger partial charge on any atom is 0.340 e. The quantitative estimate of drug-likeness (QED) is 0.175. The van der Waals surface area contributed by atoms with E-state index < -0.39 is 16.9 Å². The Hall–Kier alpha value is -5.13. The first-order valence-electron chi connectivity index (χ1n) is 11.9. The summed E-state index contributed by atoms with van der Waals surface area (Å²) in [7, 11) is 2.89. The van der Waals surface area contributed by atoms with Crippen molar-refractivity contribution in [3.8, 4) is 11.5 Å². The number of esters is 1. The second-order valence-corrected chi connectivity index (χ2v) is 8.10. The number of non-ortho nitro benzene ring substituents is 1. The van der Waals surface area contributed by atoms with E-state index in [1.54, 1.807) is 37.3 Å². The lowest BCUT2D eigenvalue weighted by Crippen LogP contribution is -2.19. The lowest BCUT2D eigenvalue weighted by Gasteiger charge is -2.15. The number of ether oxygens (including phenoxy) is 3. The van der Waals surface area contributed by atoms with Crippen LogP contribution in [0.4, 0.5) is 27.5 Å². The Labute approximate surface area is 224 Å². The topological polar surface area (TPSA) is 158 Å². The van der Waals surface area contributed by atoms with Gasteiger partial charge in [0.1, 0.15) is 0 Å². The number of nitrogens with one attached hydrogen (secondary N) is 3. The summed E-state index contributed by atoms with van der Waals surface area (Å²) in [4.78, 5) is 47.7. The minimum absolute atomic E-state index is 0.122. The van der Waals surface area contributed by atoms with Crippen LogP contribution in [0.25, 0.3) is 0 Å². The normalized spacial score (nSPS) is 10.2. The van der Waals surface area contributed by atoms with Gasteiger partial charge in [0, 0.05) is 42.1 Å². The van der Waals surface area contributed by atoms with Crippen LogP contribution in [0.1, 0.15) is 29.3 Å². The fourth-order valence-electron chi connectivity index (χ4n) is 3.58. The van der Waals surface area contributed by atoms with Crippen LogP contribution in [0.3, 0.4) is 0 Å². The van der Waals surface area contributed by atoms with Crippen LogP contribution in [-0.2, 0) is 16.0 Å². The van der Waals surface area contributed by atoms with E-state index in [0.717, 1.165) is 5.56 Å². The van der Waals surface area contributed by atoms with Crippen LogP contribution in [0, 0.1) is 10.1 Å². The molecule has 0 radical (unpaired) electrons. The van der Waals surface area contributed by atoms with Gasteiger partial charge in [-0.25, -0.2) is 9.59 Å². The number of anilines is 3. The van der Waals surface area contributed by atoms with Gasteiger partial charge in [-0.3, -0.25) is 14.9 Å². The molecule has 12 nitrogen and oxygen atoms in total. The van der Waals surface area contributed by atoms with Crippen molar-refractivity contribution < 1.29 is 33.5 Å². The first-order valence-corrected chi connectivity index (χ1v) is 11.9. The largest absolute Gasteiger partial charge is 0.493 e. The summed E-state index contributed by atoms with van der Waals surface area (Å²) in [6.07, 6.45) is 0.519. The number of methoxy groups -OCH3 is 2. The lowest BCUT2D eigenvalue weighted by atomic mass is 10.1. The van der Waals surface area contributed by atoms with E-state index in [1.165, 1.54) is 44.6 Å². The van der Waals surface area contributed by atoms with E-state index in [1.807, 2.05) is 0 Å². The van der Waals surface area contributed by atoms with Crippen molar-refractivity contribution in [3.63, 3.8) is 0 Å². The minimum atomic E-state index is -0.605. The molecule has 0 unspecified atom stereocenters. The predicted octanol–water partition coefficient (Wildman–Crippen LogP) is 5.00. The zero-order chi connectivity index (χ0) is 28.4. The number of benzene rings is 3. The third kappa shape index (κ3) is 7.92. The molecule has 3 rings (SSSR count). The van der Waals surface area contributed by atoms with E-state index in [9.17, 15) is 24.5 Å². The summed E-state index contributed by atoms with van der Waals surface area (Å²) in [5.74, 6) is -0.262. The van der Waals surface area contributed by atoms with Crippen molar-refractivity contribution in [3.05, 3.63) is 81.9 Å². The SMILES string of the molecule is CCOC(=O)c1cc(OC)c(OC)cc1NC(=O)CCc1ccc(NC(=O)Nc2cccc([N+](=O)[O-])c2)cc1. The Balaban J connectivity index is 1.58. The molecule has 0 aliphatic heterocycles. The van der Waals surface area contributed by atoms with Crippen LogP contribution in [0.2, 0.25) is 0 Å². The lowest BCUT2D eigenvalue weighted by molar-refractivity contribution is -0.384. The zero-order valence-electron chi connectivity index (χ0n) is 21.6. The van der Waals surface area contributed by atoms with E-state index in [4.69, 9.17) is 14.2 Å². The van der Waals surface area contributed by atoms with Gasteiger partial charge in [-0.2, -0.15) is 0 Å². The van der Waals surface area contributed by atoms with Gasteiger partial charge in [-0.05, 0) is 37.1 Å². The van der Waals surface area contributed by atoms with E-state index in [2.05, 4.69) is 16.0 Å². The smallest absolute Gasteiger partial charge is 0.340 e. The Morgan fingerprint density at radius 2 is 1.54 bits per heavy atom. The highest BCUT2D eigenvalue weighted by Crippen LogP contribution is 2.34. The second kappa shape index (κ2) is 13.4. The Morgan fingerprint density at radius 3 is 2.18 bits per heavy atom. The average molecular weight is 537 g/mol. The molecule has 0 saturated heterocycles. The first kappa shape index (κ1) is 28.4. The Morgan fingerprint density at radius 1 is 0.872 bits per heavy atom. The molecule has 0 aromatic heterocycles. The van der Waals surface area contributed by atoms with E-state index in [0.29, 0.717) is 23.6 Å². The Kier molecular flexibility index (Phi) is 9.79. The van der Waals surface area contributed by atoms with Crippen molar-refractivity contribution in [2.45, 2.75) is 19.8 Å². The number of carbonyl (C=O) groups is 3. The third-order valence-electron chi connectivity index (χ3n) is 5.46. The number of aryl methyl sites for hydroxylation is 1. The number of hydrogen-bond acceptors (Lipinski definition) is 8. The molecule has 204 valence electrons. The molecular formula is C27H28N4O8. The van der Waals surface area contributed by atoms with E-state index >= 15 is 0 Å². The molecule has 0 atom stereocenters. The number of urea groups is 1. The molecular weight excluding hydrogens is 508 g/mol. The summed E-state index contributed by atoms with van der Waals surface area (Å²) in [6.45, 7) is 1.85. The number of amides is 3. The van der Waals surface area contributed by atoms with Crippen LogP contribution in [-0.4, -0.2) is 43.7 Å². The monoisotopic (exact) mass is 536 g/mol. The molecule has 3 amide bonds. The number of nitrogens with zero attached hydrogens (tertiary/aromatic N) is 1. The van der Waals surface area contributed by atoms with Crippen molar-refractivity contribution in [1.82, 2.24) is 0 Å². The molecule has 0 saturated carbocycles. The highest BCUT2D eigenvalue weighted by molar-refractivity contribution is 6.02. The van der Waals surface area contributed by atoms with Crippen LogP contribution in [0.5, 0.6) is 11.5 Å². The predicted molar refractivity (Wildman–Crippen MR) is 145 cm³/mol. The molecule has 0 fully saturated rings. The molecule has 0 bridgehead atoms.